The Labute approximate surface area is 189 Å². The number of thiazole rings is 1. The largest absolute Gasteiger partial charge is 0.376 e. The van der Waals surface area contributed by atoms with E-state index in [-0.39, 0.29) is 5.91 Å². The number of nitrogens with zero attached hydrogens (tertiary/aromatic N) is 3. The van der Waals surface area contributed by atoms with Gasteiger partial charge in [0.05, 0.1) is 31.0 Å². The van der Waals surface area contributed by atoms with Gasteiger partial charge in [-0.15, -0.1) is 11.3 Å². The number of allylic oxidation sites excluding steroid dienone is 1. The molecule has 2 N–H and O–H groups in total. The van der Waals surface area contributed by atoms with Gasteiger partial charge < -0.3 is 19.9 Å². The average molecular weight is 454 g/mol. The molecule has 9 heteroatoms. The minimum absolute atomic E-state index is 0.192. The molecule has 2 aliphatic rings. The molecule has 0 radical (unpaired) electrons. The lowest BCUT2D eigenvalue weighted by Crippen LogP contribution is -2.53. The lowest BCUT2D eigenvalue weighted by atomic mass is 9.99. The number of carbonyl (C=O) groups is 1. The molecule has 4 heterocycles. The fourth-order valence-electron chi connectivity index (χ4n) is 3.61. The summed E-state index contributed by atoms with van der Waals surface area (Å²) in [7, 11) is 0. The molecule has 166 valence electrons. The topological polar surface area (TPSA) is 81.1 Å². The monoisotopic (exact) mass is 453 g/mol. The summed E-state index contributed by atoms with van der Waals surface area (Å²) in [5.41, 5.74) is 4.72. The number of amides is 1. The van der Waals surface area contributed by atoms with Crippen LogP contribution in [-0.2, 0) is 10.3 Å². The molecule has 2 fully saturated rings. The van der Waals surface area contributed by atoms with Gasteiger partial charge in [-0.1, -0.05) is 6.07 Å². The molecule has 1 aliphatic carbocycles. The second-order valence-electron chi connectivity index (χ2n) is 8.25. The third-order valence-electron chi connectivity index (χ3n) is 5.76. The van der Waals surface area contributed by atoms with Crippen molar-refractivity contribution in [1.29, 1.82) is 0 Å². The molecule has 3 aromatic heterocycles. The minimum Gasteiger partial charge on any atom is -0.376 e. The summed E-state index contributed by atoms with van der Waals surface area (Å²) in [5.74, 6) is -0.192. The maximum atomic E-state index is 13.5. The van der Waals surface area contributed by atoms with Gasteiger partial charge in [-0.3, -0.25) is 9.78 Å². The Balaban J connectivity index is 1.23. The first-order valence-corrected chi connectivity index (χ1v) is 11.4. The van der Waals surface area contributed by atoms with Gasteiger partial charge in [0.15, 0.2) is 5.13 Å². The van der Waals surface area contributed by atoms with Gasteiger partial charge in [-0.2, -0.15) is 0 Å². The number of nitrogens with one attached hydrogen (secondary N) is 2. The van der Waals surface area contributed by atoms with E-state index in [1.165, 1.54) is 16.9 Å². The van der Waals surface area contributed by atoms with E-state index >= 15 is 0 Å². The summed E-state index contributed by atoms with van der Waals surface area (Å²) >= 11 is 1.51. The van der Waals surface area contributed by atoms with Crippen LogP contribution >= 0.6 is 11.3 Å². The Hall–Kier alpha value is -3.04. The number of alkyl halides is 1. The Bertz CT molecular complexity index is 1170. The number of rotatable bonds is 8. The van der Waals surface area contributed by atoms with Crippen molar-refractivity contribution in [2.24, 2.45) is 0 Å². The fourth-order valence-corrected chi connectivity index (χ4v) is 4.34. The third-order valence-corrected chi connectivity index (χ3v) is 6.52. The molecule has 3 aromatic rings. The van der Waals surface area contributed by atoms with Crippen molar-refractivity contribution in [2.45, 2.75) is 25.3 Å². The Morgan fingerprint density at radius 3 is 2.78 bits per heavy atom. The lowest BCUT2D eigenvalue weighted by molar-refractivity contribution is -0.111. The van der Waals surface area contributed by atoms with E-state index in [0.29, 0.717) is 25.3 Å². The van der Waals surface area contributed by atoms with E-state index < -0.39 is 12.2 Å². The number of aryl methyl sites for hydroxylation is 1. The van der Waals surface area contributed by atoms with Crippen LogP contribution in [0.5, 0.6) is 0 Å². The number of pyridine rings is 1. The smallest absolute Gasteiger partial charge is 0.253 e. The molecule has 0 atom stereocenters. The van der Waals surface area contributed by atoms with Crippen molar-refractivity contribution in [1.82, 2.24) is 19.9 Å². The number of carbonyl (C=O) groups excluding carboxylic acids is 1. The van der Waals surface area contributed by atoms with Crippen LogP contribution in [0.2, 0.25) is 0 Å². The summed E-state index contributed by atoms with van der Waals surface area (Å²) in [6.07, 6.45) is 5.47. The van der Waals surface area contributed by atoms with Crippen LogP contribution in [0.25, 0.3) is 11.4 Å². The highest BCUT2D eigenvalue weighted by Gasteiger charge is 2.40. The van der Waals surface area contributed by atoms with E-state index in [0.717, 1.165) is 40.8 Å². The summed E-state index contributed by atoms with van der Waals surface area (Å²) in [5, 5.41) is 9.10. The molecule has 1 saturated heterocycles. The van der Waals surface area contributed by atoms with Gasteiger partial charge in [0, 0.05) is 29.2 Å². The molecular formula is C23H24FN5O2S. The number of halogens is 1. The van der Waals surface area contributed by atoms with Crippen LogP contribution in [-0.4, -0.2) is 46.9 Å². The van der Waals surface area contributed by atoms with Crippen LogP contribution in [0, 0.1) is 6.92 Å². The zero-order valence-electron chi connectivity index (χ0n) is 17.7. The second kappa shape index (κ2) is 8.48. The predicted octanol–water partition coefficient (Wildman–Crippen LogP) is 3.90. The molecule has 1 saturated carbocycles. The first-order chi connectivity index (χ1) is 15.6. The van der Waals surface area contributed by atoms with Gasteiger partial charge in [0.1, 0.15) is 17.9 Å². The molecule has 7 nitrogen and oxygen atoms in total. The number of ether oxygens (including phenoxy) is 1. The maximum Gasteiger partial charge on any atom is 0.253 e. The number of hydrogen-bond acceptors (Lipinski definition) is 6. The van der Waals surface area contributed by atoms with E-state index in [2.05, 4.69) is 20.6 Å². The van der Waals surface area contributed by atoms with Crippen LogP contribution in [0.4, 0.5) is 9.52 Å². The highest BCUT2D eigenvalue weighted by Crippen LogP contribution is 2.33. The van der Waals surface area contributed by atoms with E-state index in [1.807, 2.05) is 30.5 Å². The molecule has 1 amide bonds. The molecule has 1 aliphatic heterocycles. The standard InChI is InChI=1S/C23H24FN5O2S/c1-15-3-2-4-18(26-15)20-11-32-22(28-20)27-19(16-5-6-16)9-25-21(30)17-7-8-29(10-17)23(12-24)13-31-14-23/h2-4,7-8,10-11H,5-6,9,12-14H2,1H3,(H,25,30)(H,27,28). The van der Waals surface area contributed by atoms with Gasteiger partial charge in [-0.05, 0) is 43.5 Å². The normalized spacial score (nSPS) is 16.4. The van der Waals surface area contributed by atoms with Crippen molar-refractivity contribution in [3.05, 3.63) is 64.6 Å². The fraction of sp³-hybridized carbons (Fsp3) is 0.348. The molecule has 0 bridgehead atoms. The van der Waals surface area contributed by atoms with Gasteiger partial charge in [0.2, 0.25) is 0 Å². The van der Waals surface area contributed by atoms with Gasteiger partial charge in [-0.25, -0.2) is 9.37 Å². The summed E-state index contributed by atoms with van der Waals surface area (Å²) < 4.78 is 20.4. The Morgan fingerprint density at radius 1 is 1.25 bits per heavy atom. The van der Waals surface area contributed by atoms with Gasteiger partial charge >= 0.3 is 0 Å². The van der Waals surface area contributed by atoms with E-state index in [1.54, 1.807) is 23.0 Å². The quantitative estimate of drug-likeness (QED) is 0.541. The van der Waals surface area contributed by atoms with E-state index in [9.17, 15) is 9.18 Å². The first-order valence-electron chi connectivity index (χ1n) is 10.5. The molecule has 0 unspecified atom stereocenters. The van der Waals surface area contributed by atoms with Crippen LogP contribution in [0.1, 0.15) is 28.9 Å². The predicted molar refractivity (Wildman–Crippen MR) is 121 cm³/mol. The SMILES string of the molecule is Cc1cccc(-c2csc(NC(CNC(=O)c3ccn(C4(CF)COC4)c3)=C3CC3)n2)n1. The first kappa shape index (κ1) is 20.8. The van der Waals surface area contributed by atoms with Crippen molar-refractivity contribution < 1.29 is 13.9 Å². The second-order valence-corrected chi connectivity index (χ2v) is 9.11. The summed E-state index contributed by atoms with van der Waals surface area (Å²) in [4.78, 5) is 21.9. The van der Waals surface area contributed by atoms with Crippen molar-refractivity contribution in [3.8, 4) is 11.4 Å². The Kier molecular flexibility index (Phi) is 5.52. The molecule has 0 spiro atoms. The number of hydrogen-bond donors (Lipinski definition) is 2. The van der Waals surface area contributed by atoms with Crippen molar-refractivity contribution >= 4 is 22.4 Å². The molecular weight excluding hydrogens is 429 g/mol. The summed E-state index contributed by atoms with van der Waals surface area (Å²) in [6, 6.07) is 7.59. The minimum atomic E-state index is -0.671. The zero-order valence-corrected chi connectivity index (χ0v) is 18.5. The van der Waals surface area contributed by atoms with Crippen molar-refractivity contribution in [2.75, 3.05) is 31.7 Å². The molecule has 32 heavy (non-hydrogen) atoms. The molecule has 5 rings (SSSR count). The number of anilines is 1. The van der Waals surface area contributed by atoms with E-state index in [4.69, 9.17) is 4.74 Å². The van der Waals surface area contributed by atoms with Crippen molar-refractivity contribution in [3.63, 3.8) is 0 Å². The Morgan fingerprint density at radius 2 is 2.09 bits per heavy atom. The lowest BCUT2D eigenvalue weighted by Gasteiger charge is -2.40. The van der Waals surface area contributed by atoms with Crippen LogP contribution in [0.3, 0.4) is 0 Å². The average Bonchev–Trinajstić information content (AvgIpc) is 3.29. The zero-order chi connectivity index (χ0) is 22.1. The van der Waals surface area contributed by atoms with Gasteiger partial charge in [0.25, 0.3) is 5.91 Å². The van der Waals surface area contributed by atoms with Crippen LogP contribution in [0.15, 0.2) is 53.3 Å². The summed E-state index contributed by atoms with van der Waals surface area (Å²) in [6.45, 7) is 2.48. The maximum absolute atomic E-state index is 13.5. The third kappa shape index (κ3) is 4.18. The van der Waals surface area contributed by atoms with Crippen LogP contribution < -0.4 is 10.6 Å². The highest BCUT2D eigenvalue weighted by molar-refractivity contribution is 7.14. The highest BCUT2D eigenvalue weighted by atomic mass is 32.1. The number of aromatic nitrogens is 3. The molecule has 0 aromatic carbocycles.